The van der Waals surface area contributed by atoms with Gasteiger partial charge in [-0.15, -0.1) is 11.3 Å². The molecule has 1 aromatic rings. The standard InChI is InChI=1S/C13H20N2O2S/c1-15-4-2-10(3-5-15)12-14-11(6-18-12)13(7-16)8-17-9-13/h6,10,16H,2-5,7-9H2,1H3. The van der Waals surface area contributed by atoms with Gasteiger partial charge in [-0.1, -0.05) is 0 Å². The molecule has 0 radical (unpaired) electrons. The minimum absolute atomic E-state index is 0.142. The number of rotatable bonds is 3. The molecule has 0 atom stereocenters. The van der Waals surface area contributed by atoms with Crippen molar-refractivity contribution in [3.63, 3.8) is 0 Å². The van der Waals surface area contributed by atoms with Gasteiger partial charge in [0.05, 0.1) is 35.9 Å². The summed E-state index contributed by atoms with van der Waals surface area (Å²) in [5.74, 6) is 0.608. The van der Waals surface area contributed by atoms with Crippen molar-refractivity contribution in [2.75, 3.05) is 40.0 Å². The van der Waals surface area contributed by atoms with Gasteiger partial charge in [-0.3, -0.25) is 0 Å². The highest BCUT2D eigenvalue weighted by Gasteiger charge is 2.42. The second kappa shape index (κ2) is 4.89. The fourth-order valence-electron chi connectivity index (χ4n) is 2.64. The van der Waals surface area contributed by atoms with Gasteiger partial charge in [-0.05, 0) is 33.0 Å². The lowest BCUT2D eigenvalue weighted by molar-refractivity contribution is -0.0860. The number of likely N-dealkylation sites (tertiary alicyclic amines) is 1. The third-order valence-electron chi connectivity index (χ3n) is 4.19. The number of piperidine rings is 1. The Hall–Kier alpha value is -0.490. The lowest BCUT2D eigenvalue weighted by Crippen LogP contribution is -2.50. The van der Waals surface area contributed by atoms with E-state index < -0.39 is 0 Å². The molecule has 0 unspecified atom stereocenters. The predicted molar refractivity (Wildman–Crippen MR) is 71.2 cm³/mol. The predicted octanol–water partition coefficient (Wildman–Crippen LogP) is 1.21. The molecule has 100 valence electrons. The Bertz CT molecular complexity index is 403. The van der Waals surface area contributed by atoms with E-state index in [2.05, 4.69) is 17.3 Å². The zero-order valence-electron chi connectivity index (χ0n) is 10.8. The first-order valence-electron chi connectivity index (χ1n) is 6.56. The third kappa shape index (κ3) is 2.09. The fraction of sp³-hybridized carbons (Fsp3) is 0.769. The van der Waals surface area contributed by atoms with E-state index in [0.717, 1.165) is 18.8 Å². The van der Waals surface area contributed by atoms with E-state index in [1.54, 1.807) is 11.3 Å². The van der Waals surface area contributed by atoms with Crippen molar-refractivity contribution in [2.45, 2.75) is 24.2 Å². The van der Waals surface area contributed by atoms with Gasteiger partial charge in [0.15, 0.2) is 0 Å². The van der Waals surface area contributed by atoms with Crippen LogP contribution in [-0.4, -0.2) is 54.9 Å². The number of aliphatic hydroxyl groups excluding tert-OH is 1. The first-order valence-corrected chi connectivity index (χ1v) is 7.44. The van der Waals surface area contributed by atoms with Gasteiger partial charge in [0, 0.05) is 11.3 Å². The molecule has 5 heteroatoms. The zero-order chi connectivity index (χ0) is 12.6. The van der Waals surface area contributed by atoms with E-state index in [4.69, 9.17) is 9.72 Å². The second-order valence-corrected chi connectivity index (χ2v) is 6.47. The molecule has 18 heavy (non-hydrogen) atoms. The minimum atomic E-state index is -0.208. The molecule has 3 heterocycles. The Labute approximate surface area is 112 Å². The van der Waals surface area contributed by atoms with E-state index in [-0.39, 0.29) is 12.0 Å². The topological polar surface area (TPSA) is 45.6 Å². The minimum Gasteiger partial charge on any atom is -0.395 e. The van der Waals surface area contributed by atoms with E-state index in [9.17, 15) is 5.11 Å². The van der Waals surface area contributed by atoms with Crippen LogP contribution in [0.25, 0.3) is 0 Å². The van der Waals surface area contributed by atoms with Crippen LogP contribution >= 0.6 is 11.3 Å². The van der Waals surface area contributed by atoms with Gasteiger partial charge < -0.3 is 14.7 Å². The SMILES string of the molecule is CN1CCC(c2nc(C3(CO)COC3)cs2)CC1. The van der Waals surface area contributed by atoms with Crippen molar-refractivity contribution in [1.29, 1.82) is 0 Å². The summed E-state index contributed by atoms with van der Waals surface area (Å²) in [6.07, 6.45) is 2.40. The zero-order valence-corrected chi connectivity index (χ0v) is 11.6. The van der Waals surface area contributed by atoms with Crippen molar-refractivity contribution in [3.05, 3.63) is 16.1 Å². The highest BCUT2D eigenvalue weighted by molar-refractivity contribution is 7.09. The van der Waals surface area contributed by atoms with Crippen LogP contribution in [0.5, 0.6) is 0 Å². The fourth-order valence-corrected chi connectivity index (χ4v) is 3.76. The van der Waals surface area contributed by atoms with Crippen LogP contribution in [0.4, 0.5) is 0 Å². The number of hydrogen-bond donors (Lipinski definition) is 1. The maximum Gasteiger partial charge on any atom is 0.0960 e. The summed E-state index contributed by atoms with van der Waals surface area (Å²) in [6, 6.07) is 0. The van der Waals surface area contributed by atoms with Gasteiger partial charge >= 0.3 is 0 Å². The van der Waals surface area contributed by atoms with E-state index >= 15 is 0 Å². The largest absolute Gasteiger partial charge is 0.395 e. The van der Waals surface area contributed by atoms with Crippen molar-refractivity contribution >= 4 is 11.3 Å². The molecular formula is C13H20N2O2S. The first-order chi connectivity index (χ1) is 8.73. The molecule has 2 aliphatic heterocycles. The molecular weight excluding hydrogens is 248 g/mol. The van der Waals surface area contributed by atoms with Gasteiger partial charge in [-0.2, -0.15) is 0 Å². The maximum absolute atomic E-state index is 9.52. The molecule has 0 spiro atoms. The maximum atomic E-state index is 9.52. The van der Waals surface area contributed by atoms with Crippen LogP contribution in [0.15, 0.2) is 5.38 Å². The van der Waals surface area contributed by atoms with Crippen LogP contribution in [0.2, 0.25) is 0 Å². The smallest absolute Gasteiger partial charge is 0.0960 e. The number of nitrogens with zero attached hydrogens (tertiary/aromatic N) is 2. The number of hydrogen-bond acceptors (Lipinski definition) is 5. The van der Waals surface area contributed by atoms with Crippen molar-refractivity contribution in [1.82, 2.24) is 9.88 Å². The summed E-state index contributed by atoms with van der Waals surface area (Å²) in [7, 11) is 2.18. The van der Waals surface area contributed by atoms with E-state index in [1.807, 2.05) is 0 Å². The van der Waals surface area contributed by atoms with Gasteiger partial charge in [0.2, 0.25) is 0 Å². The summed E-state index contributed by atoms with van der Waals surface area (Å²) in [5, 5.41) is 12.9. The van der Waals surface area contributed by atoms with Crippen LogP contribution in [0.1, 0.15) is 29.5 Å². The summed E-state index contributed by atoms with van der Waals surface area (Å²) in [5.41, 5.74) is 0.829. The molecule has 2 fully saturated rings. The highest BCUT2D eigenvalue weighted by atomic mass is 32.1. The van der Waals surface area contributed by atoms with Crippen molar-refractivity contribution in [3.8, 4) is 0 Å². The van der Waals surface area contributed by atoms with Gasteiger partial charge in [-0.25, -0.2) is 4.98 Å². The van der Waals surface area contributed by atoms with Crippen LogP contribution in [0, 0.1) is 0 Å². The Morgan fingerprint density at radius 3 is 2.78 bits per heavy atom. The number of aromatic nitrogens is 1. The molecule has 1 N–H and O–H groups in total. The summed E-state index contributed by atoms with van der Waals surface area (Å²) < 4.78 is 5.25. The molecule has 0 aliphatic carbocycles. The summed E-state index contributed by atoms with van der Waals surface area (Å²) in [4.78, 5) is 7.16. The molecule has 0 saturated carbocycles. The molecule has 0 bridgehead atoms. The van der Waals surface area contributed by atoms with Crippen molar-refractivity contribution in [2.24, 2.45) is 0 Å². The molecule has 0 aromatic carbocycles. The lowest BCUT2D eigenvalue weighted by atomic mass is 9.84. The summed E-state index contributed by atoms with van der Waals surface area (Å²) >= 11 is 1.75. The number of aliphatic hydroxyl groups is 1. The first kappa shape index (κ1) is 12.5. The summed E-state index contributed by atoms with van der Waals surface area (Å²) in [6.45, 7) is 3.69. The number of ether oxygens (including phenoxy) is 1. The third-order valence-corrected chi connectivity index (χ3v) is 5.20. The van der Waals surface area contributed by atoms with Gasteiger partial charge in [0.1, 0.15) is 0 Å². The van der Waals surface area contributed by atoms with Crippen LogP contribution in [-0.2, 0) is 10.2 Å². The van der Waals surface area contributed by atoms with E-state index in [0.29, 0.717) is 19.1 Å². The quantitative estimate of drug-likeness (QED) is 0.895. The highest BCUT2D eigenvalue weighted by Crippen LogP contribution is 2.36. The van der Waals surface area contributed by atoms with Crippen LogP contribution in [0.3, 0.4) is 0 Å². The Morgan fingerprint density at radius 2 is 2.22 bits per heavy atom. The lowest BCUT2D eigenvalue weighted by Gasteiger charge is -2.38. The average molecular weight is 268 g/mol. The second-order valence-electron chi connectivity index (χ2n) is 5.58. The monoisotopic (exact) mass is 268 g/mol. The van der Waals surface area contributed by atoms with Crippen molar-refractivity contribution < 1.29 is 9.84 Å². The molecule has 4 nitrogen and oxygen atoms in total. The Balaban J connectivity index is 1.73. The normalized spacial score (nSPS) is 25.0. The Morgan fingerprint density at radius 1 is 1.50 bits per heavy atom. The molecule has 1 aromatic heterocycles. The van der Waals surface area contributed by atoms with E-state index in [1.165, 1.54) is 17.8 Å². The molecule has 2 aliphatic rings. The van der Waals surface area contributed by atoms with Gasteiger partial charge in [0.25, 0.3) is 0 Å². The van der Waals surface area contributed by atoms with Crippen LogP contribution < -0.4 is 0 Å². The molecule has 3 rings (SSSR count). The Kier molecular flexibility index (Phi) is 3.40. The molecule has 0 amide bonds. The average Bonchev–Trinajstić information content (AvgIpc) is 2.79. The number of thiazole rings is 1. The molecule has 2 saturated heterocycles.